The van der Waals surface area contributed by atoms with E-state index in [1.807, 2.05) is 4.90 Å². The summed E-state index contributed by atoms with van der Waals surface area (Å²) >= 11 is 0. The number of hydrogen-bond acceptors (Lipinski definition) is 3. The number of piperidine rings is 1. The van der Waals surface area contributed by atoms with Gasteiger partial charge in [0.25, 0.3) is 5.92 Å². The van der Waals surface area contributed by atoms with Gasteiger partial charge in [0.1, 0.15) is 0 Å². The number of nitrogens with one attached hydrogen (secondary N) is 1. The van der Waals surface area contributed by atoms with Gasteiger partial charge in [-0.25, -0.2) is 18.2 Å². The summed E-state index contributed by atoms with van der Waals surface area (Å²) in [5.41, 5.74) is -0.381. The summed E-state index contributed by atoms with van der Waals surface area (Å²) in [7, 11) is 0. The number of halogens is 3. The van der Waals surface area contributed by atoms with Crippen LogP contribution in [-0.4, -0.2) is 30.2 Å². The number of nitrogens with zero attached hydrogens (tertiary/aromatic N) is 2. The molecule has 116 valence electrons. The Kier molecular flexibility index (Phi) is 3.82. The third kappa shape index (κ3) is 3.48. The molecule has 2 heterocycles. The molecule has 1 saturated heterocycles. The molecule has 1 aliphatic carbocycles. The number of pyridine rings is 1. The van der Waals surface area contributed by atoms with Crippen LogP contribution >= 0.6 is 0 Å². The first-order valence-electron chi connectivity index (χ1n) is 7.48. The first-order valence-corrected chi connectivity index (χ1v) is 7.48. The van der Waals surface area contributed by atoms with Gasteiger partial charge < -0.3 is 10.2 Å². The van der Waals surface area contributed by atoms with E-state index in [1.54, 1.807) is 0 Å². The molecule has 0 atom stereocenters. The zero-order valence-corrected chi connectivity index (χ0v) is 12.1. The van der Waals surface area contributed by atoms with Crippen molar-refractivity contribution < 1.29 is 13.2 Å². The normalized spacial score (nSPS) is 20.9. The molecule has 3 nitrogen and oxygen atoms in total. The van der Waals surface area contributed by atoms with E-state index in [4.69, 9.17) is 0 Å². The van der Waals surface area contributed by atoms with E-state index in [9.17, 15) is 13.2 Å². The topological polar surface area (TPSA) is 28.2 Å². The van der Waals surface area contributed by atoms with Gasteiger partial charge in [0.15, 0.2) is 11.6 Å². The second kappa shape index (κ2) is 5.48. The van der Waals surface area contributed by atoms with Gasteiger partial charge >= 0.3 is 0 Å². The molecular formula is C15H20F3N3. The van der Waals surface area contributed by atoms with E-state index in [0.29, 0.717) is 25.2 Å². The standard InChI is InChI=1S/C15H20F3N3/c1-15(17,18)10-8-13(16)14(19-9-10)21-6-4-12(5-7-21)20-11-2-3-11/h8-9,11-12,20H,2-7H2,1H3. The van der Waals surface area contributed by atoms with Crippen molar-refractivity contribution in [2.24, 2.45) is 0 Å². The highest BCUT2D eigenvalue weighted by Gasteiger charge is 2.30. The number of alkyl halides is 2. The number of rotatable bonds is 4. The number of hydrogen-bond donors (Lipinski definition) is 1. The summed E-state index contributed by atoms with van der Waals surface area (Å²) in [4.78, 5) is 5.76. The minimum absolute atomic E-state index is 0.188. The second-order valence-electron chi connectivity index (χ2n) is 6.12. The van der Waals surface area contributed by atoms with Crippen LogP contribution in [0.1, 0.15) is 38.2 Å². The zero-order chi connectivity index (χ0) is 15.0. The Balaban J connectivity index is 1.64. The first kappa shape index (κ1) is 14.6. The van der Waals surface area contributed by atoms with E-state index in [-0.39, 0.29) is 11.4 Å². The molecule has 1 N–H and O–H groups in total. The van der Waals surface area contributed by atoms with Crippen molar-refractivity contribution in [3.05, 3.63) is 23.6 Å². The number of aromatic nitrogens is 1. The highest BCUT2D eigenvalue weighted by atomic mass is 19.3. The maximum atomic E-state index is 14.0. The first-order chi connectivity index (χ1) is 9.93. The SMILES string of the molecule is CC(F)(F)c1cnc(N2CCC(NC3CC3)CC2)c(F)c1. The third-order valence-electron chi connectivity index (χ3n) is 4.17. The maximum absolute atomic E-state index is 14.0. The molecule has 0 spiro atoms. The van der Waals surface area contributed by atoms with Crippen molar-refractivity contribution in [1.82, 2.24) is 10.3 Å². The lowest BCUT2D eigenvalue weighted by atomic mass is 10.0. The van der Waals surface area contributed by atoms with E-state index < -0.39 is 11.7 Å². The van der Waals surface area contributed by atoms with Gasteiger partial charge in [-0.15, -0.1) is 0 Å². The van der Waals surface area contributed by atoms with Crippen molar-refractivity contribution in [3.63, 3.8) is 0 Å². The van der Waals surface area contributed by atoms with Crippen LogP contribution in [0, 0.1) is 5.82 Å². The molecule has 2 aliphatic rings. The molecule has 1 aliphatic heterocycles. The van der Waals surface area contributed by atoms with E-state index >= 15 is 0 Å². The lowest BCUT2D eigenvalue weighted by molar-refractivity contribution is 0.0168. The third-order valence-corrected chi connectivity index (χ3v) is 4.17. The molecule has 0 amide bonds. The molecule has 21 heavy (non-hydrogen) atoms. The van der Waals surface area contributed by atoms with Crippen LogP contribution in [0.25, 0.3) is 0 Å². The van der Waals surface area contributed by atoms with Crippen LogP contribution in [-0.2, 0) is 5.92 Å². The summed E-state index contributed by atoms with van der Waals surface area (Å²) in [6.45, 7) is 2.16. The fourth-order valence-corrected chi connectivity index (χ4v) is 2.74. The lowest BCUT2D eigenvalue weighted by Gasteiger charge is -2.33. The van der Waals surface area contributed by atoms with Crippen LogP contribution < -0.4 is 10.2 Å². The summed E-state index contributed by atoms with van der Waals surface area (Å²) in [6, 6.07) is 2.05. The Morgan fingerprint density at radius 2 is 1.81 bits per heavy atom. The molecular weight excluding hydrogens is 279 g/mol. The second-order valence-corrected chi connectivity index (χ2v) is 6.12. The molecule has 0 bridgehead atoms. The van der Waals surface area contributed by atoms with Crippen LogP contribution in [0.4, 0.5) is 19.0 Å². The summed E-state index contributed by atoms with van der Waals surface area (Å²) < 4.78 is 40.3. The summed E-state index contributed by atoms with van der Waals surface area (Å²) in [5, 5.41) is 3.57. The molecule has 0 radical (unpaired) electrons. The van der Waals surface area contributed by atoms with Crippen LogP contribution in [0.5, 0.6) is 0 Å². The summed E-state index contributed by atoms with van der Waals surface area (Å²) in [6.07, 6.45) is 5.45. The van der Waals surface area contributed by atoms with Crippen molar-refractivity contribution >= 4 is 5.82 Å². The number of anilines is 1. The highest BCUT2D eigenvalue weighted by molar-refractivity contribution is 5.42. The highest BCUT2D eigenvalue weighted by Crippen LogP contribution is 2.30. The maximum Gasteiger partial charge on any atom is 0.272 e. The fourth-order valence-electron chi connectivity index (χ4n) is 2.74. The smallest absolute Gasteiger partial charge is 0.272 e. The summed E-state index contributed by atoms with van der Waals surface area (Å²) in [5.74, 6) is -3.54. The van der Waals surface area contributed by atoms with Crippen LogP contribution in [0.2, 0.25) is 0 Å². The van der Waals surface area contributed by atoms with Gasteiger partial charge in [-0.05, 0) is 31.7 Å². The Hall–Kier alpha value is -1.30. The predicted molar refractivity (Wildman–Crippen MR) is 75.2 cm³/mol. The van der Waals surface area contributed by atoms with Crippen molar-refractivity contribution in [2.45, 2.75) is 50.6 Å². The average Bonchev–Trinajstić information content (AvgIpc) is 3.23. The van der Waals surface area contributed by atoms with Crippen LogP contribution in [0.3, 0.4) is 0 Å². The van der Waals surface area contributed by atoms with Gasteiger partial charge in [0.05, 0.1) is 0 Å². The monoisotopic (exact) mass is 299 g/mol. The van der Waals surface area contributed by atoms with Gasteiger partial charge in [-0.2, -0.15) is 0 Å². The Morgan fingerprint density at radius 1 is 1.19 bits per heavy atom. The predicted octanol–water partition coefficient (Wildman–Crippen LogP) is 3.05. The molecule has 0 unspecified atom stereocenters. The average molecular weight is 299 g/mol. The van der Waals surface area contributed by atoms with Gasteiger partial charge in [-0.3, -0.25) is 0 Å². The van der Waals surface area contributed by atoms with Crippen molar-refractivity contribution in [2.75, 3.05) is 18.0 Å². The molecule has 3 rings (SSSR count). The Morgan fingerprint density at radius 3 is 2.33 bits per heavy atom. The largest absolute Gasteiger partial charge is 0.354 e. The zero-order valence-electron chi connectivity index (χ0n) is 12.1. The minimum Gasteiger partial charge on any atom is -0.354 e. The Bertz CT molecular complexity index is 503. The van der Waals surface area contributed by atoms with Gasteiger partial charge in [-0.1, -0.05) is 0 Å². The van der Waals surface area contributed by atoms with E-state index in [0.717, 1.165) is 32.0 Å². The van der Waals surface area contributed by atoms with Gasteiger partial charge in [0, 0.05) is 43.9 Å². The van der Waals surface area contributed by atoms with Crippen molar-refractivity contribution in [3.8, 4) is 0 Å². The van der Waals surface area contributed by atoms with Crippen LogP contribution in [0.15, 0.2) is 12.3 Å². The van der Waals surface area contributed by atoms with E-state index in [2.05, 4.69) is 10.3 Å². The van der Waals surface area contributed by atoms with Crippen molar-refractivity contribution in [1.29, 1.82) is 0 Å². The lowest BCUT2D eigenvalue weighted by Crippen LogP contribution is -2.43. The Labute approximate surface area is 122 Å². The van der Waals surface area contributed by atoms with E-state index in [1.165, 1.54) is 12.8 Å². The quantitative estimate of drug-likeness (QED) is 0.926. The fraction of sp³-hybridized carbons (Fsp3) is 0.667. The molecule has 1 saturated carbocycles. The molecule has 0 aromatic carbocycles. The van der Waals surface area contributed by atoms with Gasteiger partial charge in [0.2, 0.25) is 0 Å². The molecule has 6 heteroatoms. The molecule has 2 fully saturated rings. The molecule has 1 aromatic heterocycles. The molecule has 1 aromatic rings. The minimum atomic E-state index is -3.06.